The molecule has 120 valence electrons. The van der Waals surface area contributed by atoms with Gasteiger partial charge in [0, 0.05) is 5.56 Å². The average molecular weight is 318 g/mol. The van der Waals surface area contributed by atoms with Crippen molar-refractivity contribution in [3.05, 3.63) is 71.8 Å². The van der Waals surface area contributed by atoms with E-state index in [0.717, 1.165) is 22.6 Å². The summed E-state index contributed by atoms with van der Waals surface area (Å²) < 4.78 is 10.2. The van der Waals surface area contributed by atoms with Crippen molar-refractivity contribution < 1.29 is 14.6 Å². The van der Waals surface area contributed by atoms with Crippen molar-refractivity contribution >= 4 is 0 Å². The van der Waals surface area contributed by atoms with Gasteiger partial charge in [-0.1, -0.05) is 35.8 Å². The molecule has 0 aliphatic carbocycles. The summed E-state index contributed by atoms with van der Waals surface area (Å²) in [4.78, 5) is 0. The Bertz CT molecular complexity index is 795. The molecule has 0 fully saturated rings. The van der Waals surface area contributed by atoms with E-state index in [1.54, 1.807) is 50.6 Å². The molecule has 0 spiro atoms. The molecule has 0 aromatic heterocycles. The van der Waals surface area contributed by atoms with Gasteiger partial charge in [-0.3, -0.25) is 0 Å². The number of rotatable bonds is 3. The molecule has 1 unspecified atom stereocenters. The summed E-state index contributed by atoms with van der Waals surface area (Å²) in [7, 11) is 3.23. The lowest BCUT2D eigenvalue weighted by atomic mass is 10.1. The zero-order chi connectivity index (χ0) is 17.2. The Kier molecular flexibility index (Phi) is 6.53. The number of benzene rings is 2. The molecule has 0 radical (unpaired) electrons. The predicted molar refractivity (Wildman–Crippen MR) is 94.7 cm³/mol. The van der Waals surface area contributed by atoms with Crippen LogP contribution in [-0.2, 0) is 0 Å². The maximum absolute atomic E-state index is 9.97. The summed E-state index contributed by atoms with van der Waals surface area (Å²) in [5.41, 5.74) is 1.62. The van der Waals surface area contributed by atoms with E-state index in [0.29, 0.717) is 0 Å². The van der Waals surface area contributed by atoms with Crippen LogP contribution >= 0.6 is 0 Å². The summed E-state index contributed by atoms with van der Waals surface area (Å²) in [5, 5.41) is 9.97. The van der Waals surface area contributed by atoms with Gasteiger partial charge < -0.3 is 14.6 Å². The number of aliphatic hydroxyl groups excluding tert-OH is 1. The molecule has 0 bridgehead atoms. The van der Waals surface area contributed by atoms with E-state index in [4.69, 9.17) is 9.47 Å². The molecule has 2 aromatic carbocycles. The van der Waals surface area contributed by atoms with Gasteiger partial charge in [-0.15, -0.1) is 0 Å². The molecule has 1 atom stereocenters. The van der Waals surface area contributed by atoms with E-state index in [1.165, 1.54) is 0 Å². The first kappa shape index (κ1) is 17.2. The highest BCUT2D eigenvalue weighted by Crippen LogP contribution is 2.16. The first-order valence-electron chi connectivity index (χ1n) is 7.36. The maximum atomic E-state index is 9.97. The molecule has 0 aliphatic rings. The Labute approximate surface area is 142 Å². The van der Waals surface area contributed by atoms with E-state index in [1.807, 2.05) is 24.3 Å². The summed E-state index contributed by atoms with van der Waals surface area (Å²) in [6.45, 7) is 0. The Hall–Kier alpha value is -3.14. The van der Waals surface area contributed by atoms with Crippen LogP contribution in [0.15, 0.2) is 60.7 Å². The Balaban J connectivity index is 1.91. The molecule has 2 aromatic rings. The number of hydrogen-bond donors (Lipinski definition) is 1. The second-order valence-electron chi connectivity index (χ2n) is 4.80. The minimum Gasteiger partial charge on any atom is -0.497 e. The smallest absolute Gasteiger partial charge is 0.140 e. The quantitative estimate of drug-likeness (QED) is 0.882. The van der Waals surface area contributed by atoms with E-state index < -0.39 is 6.10 Å². The summed E-state index contributed by atoms with van der Waals surface area (Å²) in [5.74, 6) is 13.0. The topological polar surface area (TPSA) is 38.7 Å². The van der Waals surface area contributed by atoms with Crippen LogP contribution in [0.25, 0.3) is 0 Å². The number of allylic oxidation sites excluding steroid dienone is 2. The van der Waals surface area contributed by atoms with Crippen LogP contribution in [0.1, 0.15) is 17.2 Å². The molecule has 3 nitrogen and oxygen atoms in total. The molecule has 0 saturated heterocycles. The lowest BCUT2D eigenvalue weighted by Gasteiger charge is -2.04. The van der Waals surface area contributed by atoms with Gasteiger partial charge in [-0.2, -0.15) is 0 Å². The monoisotopic (exact) mass is 318 g/mol. The lowest BCUT2D eigenvalue weighted by molar-refractivity contribution is 0.238. The molecule has 0 aliphatic heterocycles. The van der Waals surface area contributed by atoms with E-state index in [9.17, 15) is 5.11 Å². The third-order valence-corrected chi connectivity index (χ3v) is 3.21. The van der Waals surface area contributed by atoms with E-state index in [-0.39, 0.29) is 0 Å². The third-order valence-electron chi connectivity index (χ3n) is 3.21. The third kappa shape index (κ3) is 5.25. The minimum atomic E-state index is -0.838. The second kappa shape index (κ2) is 9.10. The first-order chi connectivity index (χ1) is 11.7. The standard InChI is InChI=1S/C21H18O3/c1-23-19-13-9-17(10-14-19)7-5-3-4-6-8-21(22)18-11-15-20(24-2)16-12-18/h3-4,9-16,21-22H,1-2H3/b4-3-. The van der Waals surface area contributed by atoms with Crippen LogP contribution in [-0.4, -0.2) is 19.3 Å². The second-order valence-corrected chi connectivity index (χ2v) is 4.80. The van der Waals surface area contributed by atoms with Gasteiger partial charge in [0.25, 0.3) is 0 Å². The van der Waals surface area contributed by atoms with Gasteiger partial charge in [0.1, 0.15) is 17.6 Å². The molecule has 3 heteroatoms. The number of ether oxygens (including phenoxy) is 2. The normalized spacial score (nSPS) is 11.0. The molecule has 0 heterocycles. The van der Waals surface area contributed by atoms with Gasteiger partial charge >= 0.3 is 0 Å². The fourth-order valence-corrected chi connectivity index (χ4v) is 1.88. The number of hydrogen-bond acceptors (Lipinski definition) is 3. The van der Waals surface area contributed by atoms with Gasteiger partial charge in [0.15, 0.2) is 0 Å². The van der Waals surface area contributed by atoms with Crippen LogP contribution in [0, 0.1) is 23.7 Å². The molecular formula is C21H18O3. The van der Waals surface area contributed by atoms with Crippen molar-refractivity contribution in [1.82, 2.24) is 0 Å². The lowest BCUT2D eigenvalue weighted by Crippen LogP contribution is -1.93. The van der Waals surface area contributed by atoms with Crippen molar-refractivity contribution in [2.75, 3.05) is 14.2 Å². The van der Waals surface area contributed by atoms with Crippen molar-refractivity contribution in [3.63, 3.8) is 0 Å². The molecule has 0 saturated carbocycles. The highest BCUT2D eigenvalue weighted by molar-refractivity contribution is 5.41. The van der Waals surface area contributed by atoms with Crippen LogP contribution in [0.5, 0.6) is 11.5 Å². The summed E-state index contributed by atoms with van der Waals surface area (Å²) in [6, 6.07) is 14.6. The van der Waals surface area contributed by atoms with Crippen molar-refractivity contribution in [3.8, 4) is 35.2 Å². The minimum absolute atomic E-state index is 0.723. The molecule has 0 amide bonds. The predicted octanol–water partition coefficient (Wildman–Crippen LogP) is 3.35. The summed E-state index contributed by atoms with van der Waals surface area (Å²) >= 11 is 0. The highest BCUT2D eigenvalue weighted by Gasteiger charge is 2.02. The average Bonchev–Trinajstić information content (AvgIpc) is 2.65. The van der Waals surface area contributed by atoms with Gasteiger partial charge in [0.05, 0.1) is 14.2 Å². The van der Waals surface area contributed by atoms with Gasteiger partial charge in [0.2, 0.25) is 0 Å². The number of methoxy groups -OCH3 is 2. The van der Waals surface area contributed by atoms with Crippen molar-refractivity contribution in [2.45, 2.75) is 6.10 Å². The molecule has 2 rings (SSSR count). The molecular weight excluding hydrogens is 300 g/mol. The zero-order valence-corrected chi connectivity index (χ0v) is 13.6. The Morgan fingerprint density at radius 1 is 0.833 bits per heavy atom. The SMILES string of the molecule is COc1ccc(C#C/C=C\C#CC(O)c2ccc(OC)cc2)cc1. The van der Waals surface area contributed by atoms with Crippen LogP contribution in [0.4, 0.5) is 0 Å². The zero-order valence-electron chi connectivity index (χ0n) is 13.6. The molecule has 24 heavy (non-hydrogen) atoms. The van der Waals surface area contributed by atoms with Crippen molar-refractivity contribution in [1.29, 1.82) is 0 Å². The molecule has 1 N–H and O–H groups in total. The van der Waals surface area contributed by atoms with Crippen LogP contribution in [0.2, 0.25) is 0 Å². The van der Waals surface area contributed by atoms with Crippen molar-refractivity contribution in [2.24, 2.45) is 0 Å². The first-order valence-corrected chi connectivity index (χ1v) is 7.36. The van der Waals surface area contributed by atoms with Gasteiger partial charge in [-0.25, -0.2) is 0 Å². The van der Waals surface area contributed by atoms with Crippen LogP contribution < -0.4 is 9.47 Å². The Morgan fingerprint density at radius 2 is 1.38 bits per heavy atom. The Morgan fingerprint density at radius 3 is 1.96 bits per heavy atom. The summed E-state index contributed by atoms with van der Waals surface area (Å²) in [6.07, 6.45) is 2.43. The van der Waals surface area contributed by atoms with Crippen LogP contribution in [0.3, 0.4) is 0 Å². The number of aliphatic hydroxyl groups is 1. The van der Waals surface area contributed by atoms with E-state index in [2.05, 4.69) is 23.7 Å². The maximum Gasteiger partial charge on any atom is 0.140 e. The largest absolute Gasteiger partial charge is 0.497 e. The fourth-order valence-electron chi connectivity index (χ4n) is 1.88. The van der Waals surface area contributed by atoms with Gasteiger partial charge in [-0.05, 0) is 54.1 Å². The fraction of sp³-hybridized carbons (Fsp3) is 0.143. The highest BCUT2D eigenvalue weighted by atomic mass is 16.5. The van der Waals surface area contributed by atoms with E-state index >= 15 is 0 Å².